The van der Waals surface area contributed by atoms with Gasteiger partial charge in [0.15, 0.2) is 17.2 Å². The van der Waals surface area contributed by atoms with E-state index in [0.717, 1.165) is 66.0 Å². The summed E-state index contributed by atoms with van der Waals surface area (Å²) in [4.78, 5) is 15.5. The minimum absolute atomic E-state index is 0.528. The van der Waals surface area contributed by atoms with Gasteiger partial charge in [-0.05, 0) is 63.7 Å². The molecule has 11 rings (SSSR count). The molecule has 0 fully saturated rings. The second kappa shape index (κ2) is 13.0. The molecule has 3 heterocycles. The monoisotopic (exact) mass is 716 g/mol. The van der Waals surface area contributed by atoms with Crippen molar-refractivity contribution < 1.29 is 4.42 Å². The molecule has 3 aromatic heterocycles. The van der Waals surface area contributed by atoms with Crippen LogP contribution in [-0.2, 0) is 0 Å². The first-order valence-corrected chi connectivity index (χ1v) is 18.8. The third kappa shape index (κ3) is 5.37. The Hall–Kier alpha value is -7.63. The second-order valence-corrected chi connectivity index (χ2v) is 14.0. The first-order chi connectivity index (χ1) is 27.7. The van der Waals surface area contributed by atoms with Gasteiger partial charge in [0.2, 0.25) is 5.95 Å². The fraction of sp³-hybridized carbons (Fsp3) is 0. The van der Waals surface area contributed by atoms with Crippen molar-refractivity contribution in [3.8, 4) is 62.1 Å². The maximum absolute atomic E-state index is 6.62. The highest BCUT2D eigenvalue weighted by molar-refractivity contribution is 6.21. The number of rotatable bonds is 6. The molecule has 8 aromatic carbocycles. The Kier molecular flexibility index (Phi) is 7.42. The van der Waals surface area contributed by atoms with Gasteiger partial charge in [0.25, 0.3) is 0 Å². The fourth-order valence-electron chi connectivity index (χ4n) is 7.95. The summed E-state index contributed by atoms with van der Waals surface area (Å²) in [6.07, 6.45) is 0. The van der Waals surface area contributed by atoms with Crippen LogP contribution in [0.3, 0.4) is 0 Å². The second-order valence-electron chi connectivity index (χ2n) is 14.0. The van der Waals surface area contributed by atoms with Gasteiger partial charge in [-0.25, -0.2) is 4.98 Å². The molecule has 0 amide bonds. The average Bonchev–Trinajstić information content (AvgIpc) is 3.83. The molecule has 0 aliphatic rings. The lowest BCUT2D eigenvalue weighted by Crippen LogP contribution is -2.06. The van der Waals surface area contributed by atoms with E-state index in [0.29, 0.717) is 17.6 Å². The first-order valence-electron chi connectivity index (χ1n) is 18.8. The third-order valence-corrected chi connectivity index (χ3v) is 10.7. The highest BCUT2D eigenvalue weighted by atomic mass is 16.3. The summed E-state index contributed by atoms with van der Waals surface area (Å²) >= 11 is 0. The summed E-state index contributed by atoms with van der Waals surface area (Å²) in [5.74, 6) is 1.72. The molecule has 0 aliphatic carbocycles. The normalized spacial score (nSPS) is 11.6. The minimum Gasteiger partial charge on any atom is -0.454 e. The quantitative estimate of drug-likeness (QED) is 0.172. The largest absolute Gasteiger partial charge is 0.454 e. The Morgan fingerprint density at radius 1 is 0.339 bits per heavy atom. The van der Waals surface area contributed by atoms with Gasteiger partial charge in [0.05, 0.1) is 5.52 Å². The number of hydrogen-bond acceptors (Lipinski definition) is 4. The number of benzene rings is 8. The third-order valence-electron chi connectivity index (χ3n) is 10.7. The van der Waals surface area contributed by atoms with E-state index in [-0.39, 0.29) is 0 Å². The lowest BCUT2D eigenvalue weighted by Gasteiger charge is -2.12. The van der Waals surface area contributed by atoms with Crippen molar-refractivity contribution in [3.63, 3.8) is 0 Å². The lowest BCUT2D eigenvalue weighted by molar-refractivity contribution is 0.670. The van der Waals surface area contributed by atoms with Crippen molar-refractivity contribution in [2.45, 2.75) is 0 Å². The van der Waals surface area contributed by atoms with E-state index in [1.165, 1.54) is 22.3 Å². The van der Waals surface area contributed by atoms with Crippen molar-refractivity contribution in [1.29, 1.82) is 0 Å². The summed E-state index contributed by atoms with van der Waals surface area (Å²) in [6, 6.07) is 67.5. The molecule has 0 spiro atoms. The van der Waals surface area contributed by atoms with E-state index in [4.69, 9.17) is 19.4 Å². The smallest absolute Gasteiger partial charge is 0.238 e. The van der Waals surface area contributed by atoms with Crippen molar-refractivity contribution in [2.75, 3.05) is 0 Å². The summed E-state index contributed by atoms with van der Waals surface area (Å²) in [5.41, 5.74) is 12.3. The average molecular weight is 717 g/mol. The molecule has 56 heavy (non-hydrogen) atoms. The van der Waals surface area contributed by atoms with Gasteiger partial charge in [0, 0.05) is 32.7 Å². The van der Waals surface area contributed by atoms with E-state index >= 15 is 0 Å². The molecule has 0 saturated carbocycles. The van der Waals surface area contributed by atoms with Crippen LogP contribution in [0.2, 0.25) is 0 Å². The Morgan fingerprint density at radius 3 is 1.54 bits per heavy atom. The number of hydrogen-bond donors (Lipinski definition) is 0. The predicted octanol–water partition coefficient (Wildman–Crippen LogP) is 13.2. The van der Waals surface area contributed by atoms with Gasteiger partial charge in [-0.1, -0.05) is 164 Å². The zero-order valence-corrected chi connectivity index (χ0v) is 30.2. The lowest BCUT2D eigenvalue weighted by atomic mass is 9.96. The summed E-state index contributed by atoms with van der Waals surface area (Å²) in [5, 5.41) is 4.31. The van der Waals surface area contributed by atoms with E-state index in [9.17, 15) is 0 Å². The van der Waals surface area contributed by atoms with Crippen LogP contribution < -0.4 is 0 Å². The van der Waals surface area contributed by atoms with Crippen LogP contribution in [0.5, 0.6) is 0 Å². The van der Waals surface area contributed by atoms with Gasteiger partial charge in [-0.2, -0.15) is 9.97 Å². The van der Waals surface area contributed by atoms with Gasteiger partial charge < -0.3 is 4.42 Å². The maximum atomic E-state index is 6.62. The molecule has 5 nitrogen and oxygen atoms in total. The molecule has 0 atom stereocenters. The Balaban J connectivity index is 1.05. The first kappa shape index (κ1) is 31.9. The van der Waals surface area contributed by atoms with Crippen molar-refractivity contribution in [2.24, 2.45) is 0 Å². The molecule has 0 N–H and O–H groups in total. The van der Waals surface area contributed by atoms with Crippen LogP contribution >= 0.6 is 0 Å². The van der Waals surface area contributed by atoms with Crippen LogP contribution in [0.25, 0.3) is 106 Å². The number of furan rings is 1. The molecule has 11 aromatic rings. The van der Waals surface area contributed by atoms with Gasteiger partial charge in [0.1, 0.15) is 11.1 Å². The van der Waals surface area contributed by atoms with Crippen molar-refractivity contribution in [1.82, 2.24) is 19.5 Å². The topological polar surface area (TPSA) is 56.7 Å². The Bertz CT molecular complexity index is 3240. The number of fused-ring (bicyclic) bond motifs is 7. The van der Waals surface area contributed by atoms with Gasteiger partial charge >= 0.3 is 0 Å². The zero-order valence-electron chi connectivity index (χ0n) is 30.2. The van der Waals surface area contributed by atoms with Crippen LogP contribution in [0.15, 0.2) is 199 Å². The number of nitrogens with zero attached hydrogens (tertiary/aromatic N) is 4. The highest BCUT2D eigenvalue weighted by Crippen LogP contribution is 2.40. The number of aromatic nitrogens is 4. The van der Waals surface area contributed by atoms with Crippen molar-refractivity contribution in [3.05, 3.63) is 194 Å². The Labute approximate surface area is 322 Å². The molecule has 0 radical (unpaired) electrons. The Morgan fingerprint density at radius 2 is 0.839 bits per heavy atom. The van der Waals surface area contributed by atoms with Crippen molar-refractivity contribution >= 4 is 43.7 Å². The summed E-state index contributed by atoms with van der Waals surface area (Å²) < 4.78 is 8.76. The minimum atomic E-state index is 0.528. The molecular weight excluding hydrogens is 685 g/mol. The molecule has 0 bridgehead atoms. The standard InChI is InChI=1S/C51H32N4O/c1-3-13-33(14-4-1)37-17-11-18-38(31-37)34-25-27-35(28-26-34)39-19-12-20-40(32-39)50-52-49(36-15-5-2-6-16-36)53-51(54-50)55-45-23-9-7-21-41(45)43-29-30-44-42-22-8-10-24-46(42)56-48(44)47(43)55/h1-32H. The summed E-state index contributed by atoms with van der Waals surface area (Å²) in [7, 11) is 0. The van der Waals surface area contributed by atoms with E-state index in [2.05, 4.69) is 150 Å². The highest BCUT2D eigenvalue weighted by Gasteiger charge is 2.22. The maximum Gasteiger partial charge on any atom is 0.238 e. The molecule has 0 saturated heterocycles. The van der Waals surface area contributed by atoms with Gasteiger partial charge in [-0.3, -0.25) is 4.57 Å². The van der Waals surface area contributed by atoms with Crippen LogP contribution in [0, 0.1) is 0 Å². The molecule has 5 heteroatoms. The summed E-state index contributed by atoms with van der Waals surface area (Å²) in [6.45, 7) is 0. The van der Waals surface area contributed by atoms with Crippen LogP contribution in [0.1, 0.15) is 0 Å². The number of para-hydroxylation sites is 2. The SMILES string of the molecule is c1ccc(-c2cccc(-c3ccc(-c4cccc(-c5nc(-c6ccccc6)nc(-n6c7ccccc7c7ccc8c9ccccc9oc8c76)n5)c4)cc3)c2)cc1. The zero-order chi connectivity index (χ0) is 37.0. The van der Waals surface area contributed by atoms with Crippen LogP contribution in [0.4, 0.5) is 0 Å². The van der Waals surface area contributed by atoms with E-state index in [1.54, 1.807) is 0 Å². The molecule has 262 valence electrons. The molecular formula is C51H32N4O. The van der Waals surface area contributed by atoms with E-state index in [1.807, 2.05) is 48.5 Å². The molecule has 0 aliphatic heterocycles. The molecule has 0 unspecified atom stereocenters. The van der Waals surface area contributed by atoms with E-state index < -0.39 is 0 Å². The van der Waals surface area contributed by atoms with Gasteiger partial charge in [-0.15, -0.1) is 0 Å². The fourth-order valence-corrected chi connectivity index (χ4v) is 7.95. The predicted molar refractivity (Wildman–Crippen MR) is 229 cm³/mol. The van der Waals surface area contributed by atoms with Crippen LogP contribution in [-0.4, -0.2) is 19.5 Å².